The quantitative estimate of drug-likeness (QED) is 0.638. The number of benzene rings is 1. The van der Waals surface area contributed by atoms with Crippen molar-refractivity contribution in [3.63, 3.8) is 0 Å². The summed E-state index contributed by atoms with van der Waals surface area (Å²) in [5, 5.41) is 0. The predicted molar refractivity (Wildman–Crippen MR) is 54.4 cm³/mol. The van der Waals surface area contributed by atoms with E-state index in [1.807, 2.05) is 0 Å². The van der Waals surface area contributed by atoms with Crippen LogP contribution < -0.4 is 4.74 Å². The summed E-state index contributed by atoms with van der Waals surface area (Å²) in [6.45, 7) is 7.51. The van der Waals surface area contributed by atoms with Crippen molar-refractivity contribution >= 4 is 0 Å². The van der Waals surface area contributed by atoms with E-state index >= 15 is 0 Å². The van der Waals surface area contributed by atoms with Crippen LogP contribution in [0, 0.1) is 0 Å². The number of ether oxygens (including phenoxy) is 1. The molecule has 0 aromatic heterocycles. The van der Waals surface area contributed by atoms with Crippen LogP contribution in [0.3, 0.4) is 0 Å². The van der Waals surface area contributed by atoms with Crippen LogP contribution in [0.25, 0.3) is 0 Å². The first-order valence-corrected chi connectivity index (χ1v) is 4.95. The van der Waals surface area contributed by atoms with Gasteiger partial charge in [0.1, 0.15) is 5.75 Å². The lowest BCUT2D eigenvalue weighted by Gasteiger charge is -2.08. The average molecular weight is 176 g/mol. The Bertz CT molecular complexity index is 315. The van der Waals surface area contributed by atoms with Gasteiger partial charge in [-0.3, -0.25) is 0 Å². The minimum atomic E-state index is 0.564. The molecule has 0 aliphatic carbocycles. The van der Waals surface area contributed by atoms with Gasteiger partial charge in [0.15, 0.2) is 0 Å². The van der Waals surface area contributed by atoms with E-state index < -0.39 is 0 Å². The Morgan fingerprint density at radius 2 is 2.15 bits per heavy atom. The first-order chi connectivity index (χ1) is 6.18. The van der Waals surface area contributed by atoms with E-state index in [0.29, 0.717) is 11.8 Å². The van der Waals surface area contributed by atoms with Crippen molar-refractivity contribution in [3.05, 3.63) is 29.3 Å². The Hall–Kier alpha value is -0.980. The summed E-state index contributed by atoms with van der Waals surface area (Å²) < 4.78 is 5.55. The molecular weight excluding hydrogens is 160 g/mol. The van der Waals surface area contributed by atoms with Gasteiger partial charge < -0.3 is 4.74 Å². The van der Waals surface area contributed by atoms with E-state index in [2.05, 4.69) is 39.0 Å². The van der Waals surface area contributed by atoms with Gasteiger partial charge >= 0.3 is 0 Å². The zero-order valence-corrected chi connectivity index (χ0v) is 8.50. The molecule has 2 rings (SSSR count). The van der Waals surface area contributed by atoms with E-state index in [0.717, 1.165) is 12.4 Å². The van der Waals surface area contributed by atoms with Crippen LogP contribution in [0.5, 0.6) is 5.75 Å². The van der Waals surface area contributed by atoms with Crippen molar-refractivity contribution in [3.8, 4) is 5.75 Å². The van der Waals surface area contributed by atoms with Crippen LogP contribution in [-0.4, -0.2) is 6.61 Å². The van der Waals surface area contributed by atoms with Crippen LogP contribution in [0.2, 0.25) is 0 Å². The molecule has 1 aromatic rings. The van der Waals surface area contributed by atoms with Gasteiger partial charge in [0.2, 0.25) is 0 Å². The maximum Gasteiger partial charge on any atom is 0.122 e. The van der Waals surface area contributed by atoms with Crippen molar-refractivity contribution in [2.45, 2.75) is 32.6 Å². The molecule has 0 unspecified atom stereocenters. The van der Waals surface area contributed by atoms with E-state index in [9.17, 15) is 0 Å². The third-order valence-electron chi connectivity index (χ3n) is 2.72. The highest BCUT2D eigenvalue weighted by molar-refractivity contribution is 5.43. The number of hydrogen-bond donors (Lipinski definition) is 0. The zero-order chi connectivity index (χ0) is 9.42. The molecule has 1 nitrogen and oxygen atoms in total. The van der Waals surface area contributed by atoms with Crippen LogP contribution in [0.1, 0.15) is 43.7 Å². The standard InChI is InChI=1S/C12H16O/c1-8(2)10-4-5-12-11(6-10)9(3)7-13-12/h4-6,8-9H,7H2,1-3H3/t9-/m0/s1. The lowest BCUT2D eigenvalue weighted by Crippen LogP contribution is -1.94. The summed E-state index contributed by atoms with van der Waals surface area (Å²) >= 11 is 0. The van der Waals surface area contributed by atoms with E-state index in [1.54, 1.807) is 0 Å². The second kappa shape index (κ2) is 3.06. The largest absolute Gasteiger partial charge is 0.493 e. The van der Waals surface area contributed by atoms with Crippen molar-refractivity contribution in [1.29, 1.82) is 0 Å². The topological polar surface area (TPSA) is 9.23 Å². The lowest BCUT2D eigenvalue weighted by molar-refractivity contribution is 0.337. The molecule has 0 fully saturated rings. The summed E-state index contributed by atoms with van der Waals surface area (Å²) in [7, 11) is 0. The molecule has 0 saturated heterocycles. The molecule has 13 heavy (non-hydrogen) atoms. The molecule has 0 spiro atoms. The predicted octanol–water partition coefficient (Wildman–Crippen LogP) is 3.31. The fourth-order valence-electron chi connectivity index (χ4n) is 1.75. The van der Waals surface area contributed by atoms with Crippen LogP contribution in [0.4, 0.5) is 0 Å². The average Bonchev–Trinajstić information content (AvgIpc) is 2.47. The Morgan fingerprint density at radius 1 is 1.38 bits per heavy atom. The first kappa shape index (κ1) is 8.61. The molecule has 1 aliphatic rings. The number of fused-ring (bicyclic) bond motifs is 1. The molecule has 0 N–H and O–H groups in total. The van der Waals surface area contributed by atoms with Gasteiger partial charge in [-0.25, -0.2) is 0 Å². The molecule has 1 heteroatoms. The SMILES string of the molecule is CC(C)c1ccc2c(c1)[C@@H](C)CO2. The monoisotopic (exact) mass is 176 g/mol. The van der Waals surface area contributed by atoms with E-state index in [1.165, 1.54) is 11.1 Å². The van der Waals surface area contributed by atoms with Gasteiger partial charge in [-0.1, -0.05) is 32.9 Å². The van der Waals surface area contributed by atoms with Gasteiger partial charge in [0, 0.05) is 11.5 Å². The third kappa shape index (κ3) is 1.43. The highest BCUT2D eigenvalue weighted by Crippen LogP contribution is 2.35. The van der Waals surface area contributed by atoms with Gasteiger partial charge in [0.05, 0.1) is 6.61 Å². The summed E-state index contributed by atoms with van der Waals surface area (Å²) in [6, 6.07) is 6.56. The normalized spacial score (nSPS) is 20.2. The van der Waals surface area contributed by atoms with Crippen molar-refractivity contribution in [2.24, 2.45) is 0 Å². The fourth-order valence-corrected chi connectivity index (χ4v) is 1.75. The van der Waals surface area contributed by atoms with Crippen molar-refractivity contribution < 1.29 is 4.74 Å². The molecule has 1 aromatic carbocycles. The first-order valence-electron chi connectivity index (χ1n) is 4.95. The second-order valence-electron chi connectivity index (χ2n) is 4.16. The van der Waals surface area contributed by atoms with Gasteiger partial charge in [-0.2, -0.15) is 0 Å². The minimum Gasteiger partial charge on any atom is -0.493 e. The summed E-state index contributed by atoms with van der Waals surface area (Å²) in [4.78, 5) is 0. The van der Waals surface area contributed by atoms with Gasteiger partial charge in [-0.15, -0.1) is 0 Å². The van der Waals surface area contributed by atoms with Crippen LogP contribution in [0.15, 0.2) is 18.2 Å². The molecule has 1 heterocycles. The molecule has 1 atom stereocenters. The van der Waals surface area contributed by atoms with Crippen molar-refractivity contribution in [2.75, 3.05) is 6.61 Å². The number of rotatable bonds is 1. The molecule has 0 radical (unpaired) electrons. The molecule has 1 aliphatic heterocycles. The van der Waals surface area contributed by atoms with Gasteiger partial charge in [0.25, 0.3) is 0 Å². The summed E-state index contributed by atoms with van der Waals surface area (Å²) in [5.41, 5.74) is 2.79. The Labute approximate surface area is 79.7 Å². The van der Waals surface area contributed by atoms with Crippen LogP contribution >= 0.6 is 0 Å². The van der Waals surface area contributed by atoms with E-state index in [-0.39, 0.29) is 0 Å². The molecular formula is C12H16O. The van der Waals surface area contributed by atoms with Gasteiger partial charge in [-0.05, 0) is 17.5 Å². The Balaban J connectivity index is 2.42. The molecule has 0 saturated carbocycles. The van der Waals surface area contributed by atoms with Crippen LogP contribution in [-0.2, 0) is 0 Å². The Morgan fingerprint density at radius 3 is 2.85 bits per heavy atom. The summed E-state index contributed by atoms with van der Waals surface area (Å²) in [5.74, 6) is 2.25. The highest BCUT2D eigenvalue weighted by Gasteiger charge is 2.20. The third-order valence-corrected chi connectivity index (χ3v) is 2.72. The maximum atomic E-state index is 5.55. The molecule has 0 amide bonds. The lowest BCUT2D eigenvalue weighted by atomic mass is 9.96. The molecule has 0 bridgehead atoms. The fraction of sp³-hybridized carbons (Fsp3) is 0.500. The minimum absolute atomic E-state index is 0.564. The zero-order valence-electron chi connectivity index (χ0n) is 8.50. The Kier molecular flexibility index (Phi) is 2.03. The summed E-state index contributed by atoms with van der Waals surface area (Å²) in [6.07, 6.45) is 0. The molecule has 70 valence electrons. The number of hydrogen-bond acceptors (Lipinski definition) is 1. The highest BCUT2D eigenvalue weighted by atomic mass is 16.5. The van der Waals surface area contributed by atoms with E-state index in [4.69, 9.17) is 4.74 Å². The maximum absolute atomic E-state index is 5.55. The smallest absolute Gasteiger partial charge is 0.122 e. The second-order valence-corrected chi connectivity index (χ2v) is 4.16. The van der Waals surface area contributed by atoms with Crippen molar-refractivity contribution in [1.82, 2.24) is 0 Å².